The van der Waals surface area contributed by atoms with Gasteiger partial charge in [-0.1, -0.05) is 12.1 Å². The van der Waals surface area contributed by atoms with Crippen LogP contribution in [-0.4, -0.2) is 32.0 Å². The predicted octanol–water partition coefficient (Wildman–Crippen LogP) is 6.10. The van der Waals surface area contributed by atoms with Gasteiger partial charge in [0.05, 0.1) is 16.2 Å². The molecular weight excluding hydrogens is 489 g/mol. The SMILES string of the molecule is CS(=O)(=O)c1ccc(C2=CC(C(F)(F)F)(C(F)(F)F)C=C2c2ccc(C(F)(F)F)cn2)cc1. The summed E-state index contributed by atoms with van der Waals surface area (Å²) in [7, 11) is -3.71. The number of hydrogen-bond donors (Lipinski definition) is 0. The van der Waals surface area contributed by atoms with Gasteiger partial charge in [0.1, 0.15) is 0 Å². The number of hydrogen-bond acceptors (Lipinski definition) is 3. The zero-order valence-corrected chi connectivity index (χ0v) is 17.1. The highest BCUT2D eigenvalue weighted by atomic mass is 32.2. The van der Waals surface area contributed by atoms with Crippen LogP contribution in [0, 0.1) is 5.41 Å². The molecule has 1 heterocycles. The van der Waals surface area contributed by atoms with Crippen LogP contribution in [0.2, 0.25) is 0 Å². The lowest BCUT2D eigenvalue weighted by Gasteiger charge is -2.30. The standard InChI is InChI=1S/C20H12F9NO2S/c1-33(31,32)13-5-2-11(3-6-13)14-8-17(19(24,25)26,20(27,28)29)9-15(14)16-7-4-12(10-30-16)18(21,22)23/h2-10H,1H3. The number of sulfone groups is 1. The number of alkyl halides is 9. The normalized spacial score (nSPS) is 17.0. The number of rotatable bonds is 3. The highest BCUT2D eigenvalue weighted by molar-refractivity contribution is 7.90. The Hall–Kier alpha value is -2.83. The molecule has 0 fully saturated rings. The molecule has 1 aromatic heterocycles. The summed E-state index contributed by atoms with van der Waals surface area (Å²) in [5.74, 6) is 0. The third kappa shape index (κ3) is 4.50. The van der Waals surface area contributed by atoms with Gasteiger partial charge in [-0.2, -0.15) is 39.5 Å². The number of pyridine rings is 1. The second kappa shape index (κ2) is 7.61. The molecule has 0 saturated heterocycles. The Morgan fingerprint density at radius 2 is 1.27 bits per heavy atom. The molecule has 3 nitrogen and oxygen atoms in total. The molecule has 1 aliphatic rings. The summed E-state index contributed by atoms with van der Waals surface area (Å²) < 4.78 is 144. The van der Waals surface area contributed by atoms with Gasteiger partial charge in [0, 0.05) is 18.0 Å². The average Bonchev–Trinajstić information content (AvgIpc) is 3.09. The van der Waals surface area contributed by atoms with E-state index in [-0.39, 0.29) is 22.6 Å². The van der Waals surface area contributed by atoms with Crippen LogP contribution in [0.4, 0.5) is 39.5 Å². The Bertz CT molecular complexity index is 1200. The zero-order valence-electron chi connectivity index (χ0n) is 16.3. The first-order valence-corrected chi connectivity index (χ1v) is 10.7. The molecule has 0 N–H and O–H groups in total. The van der Waals surface area contributed by atoms with E-state index >= 15 is 0 Å². The van der Waals surface area contributed by atoms with Gasteiger partial charge in [-0.25, -0.2) is 8.42 Å². The van der Waals surface area contributed by atoms with Crippen LogP contribution in [0.3, 0.4) is 0 Å². The molecular formula is C20H12F9NO2S. The Kier molecular flexibility index (Phi) is 5.72. The van der Waals surface area contributed by atoms with Crippen molar-refractivity contribution in [3.05, 3.63) is 71.6 Å². The van der Waals surface area contributed by atoms with Crippen molar-refractivity contribution in [2.24, 2.45) is 5.41 Å². The summed E-state index contributed by atoms with van der Waals surface area (Å²) in [6.45, 7) is 0. The van der Waals surface area contributed by atoms with E-state index in [4.69, 9.17) is 0 Å². The van der Waals surface area contributed by atoms with E-state index in [9.17, 15) is 47.9 Å². The second-order valence-electron chi connectivity index (χ2n) is 7.21. The van der Waals surface area contributed by atoms with Gasteiger partial charge in [-0.3, -0.25) is 4.98 Å². The molecule has 2 aromatic rings. The largest absolute Gasteiger partial charge is 0.417 e. The fourth-order valence-corrected chi connectivity index (χ4v) is 3.82. The van der Waals surface area contributed by atoms with Crippen molar-refractivity contribution in [1.29, 1.82) is 0 Å². The van der Waals surface area contributed by atoms with Crippen LogP contribution in [-0.2, 0) is 16.0 Å². The Balaban J connectivity index is 2.25. The minimum Gasteiger partial charge on any atom is -0.256 e. The summed E-state index contributed by atoms with van der Waals surface area (Å²) in [5, 5.41) is 0. The van der Waals surface area contributed by atoms with Crippen LogP contribution >= 0.6 is 0 Å². The molecule has 0 saturated carbocycles. The van der Waals surface area contributed by atoms with E-state index in [1.807, 2.05) is 0 Å². The first-order chi connectivity index (χ1) is 14.9. The third-order valence-electron chi connectivity index (χ3n) is 4.93. The molecule has 0 amide bonds. The first-order valence-electron chi connectivity index (χ1n) is 8.80. The molecule has 1 aromatic carbocycles. The first kappa shape index (κ1) is 24.8. The van der Waals surface area contributed by atoms with Crippen LogP contribution in [0.5, 0.6) is 0 Å². The van der Waals surface area contributed by atoms with Crippen molar-refractivity contribution in [2.45, 2.75) is 23.4 Å². The Morgan fingerprint density at radius 3 is 1.67 bits per heavy atom. The van der Waals surface area contributed by atoms with Crippen LogP contribution < -0.4 is 0 Å². The monoisotopic (exact) mass is 501 g/mol. The van der Waals surface area contributed by atoms with Gasteiger partial charge in [-0.05, 0) is 47.6 Å². The lowest BCUT2D eigenvalue weighted by molar-refractivity contribution is -0.301. The third-order valence-corrected chi connectivity index (χ3v) is 6.06. The molecule has 3 rings (SSSR count). The van der Waals surface area contributed by atoms with Gasteiger partial charge in [-0.15, -0.1) is 0 Å². The molecule has 0 unspecified atom stereocenters. The number of halogens is 9. The molecule has 0 spiro atoms. The molecule has 0 atom stereocenters. The van der Waals surface area contributed by atoms with Crippen molar-refractivity contribution in [3.8, 4) is 0 Å². The van der Waals surface area contributed by atoms with E-state index in [0.717, 1.165) is 30.5 Å². The molecule has 1 aliphatic carbocycles. The fraction of sp³-hybridized carbons (Fsp3) is 0.250. The summed E-state index contributed by atoms with van der Waals surface area (Å²) in [6, 6.07) is 5.13. The maximum atomic E-state index is 13.7. The van der Waals surface area contributed by atoms with Gasteiger partial charge in [0.15, 0.2) is 15.3 Å². The van der Waals surface area contributed by atoms with Gasteiger partial charge >= 0.3 is 18.5 Å². The highest BCUT2D eigenvalue weighted by Crippen LogP contribution is 2.59. The smallest absolute Gasteiger partial charge is 0.256 e. The maximum absolute atomic E-state index is 13.7. The van der Waals surface area contributed by atoms with Crippen molar-refractivity contribution in [3.63, 3.8) is 0 Å². The van der Waals surface area contributed by atoms with E-state index in [2.05, 4.69) is 4.98 Å². The molecule has 0 radical (unpaired) electrons. The molecule has 0 aliphatic heterocycles. The topological polar surface area (TPSA) is 47.0 Å². The Labute approximate surface area is 181 Å². The molecule has 33 heavy (non-hydrogen) atoms. The van der Waals surface area contributed by atoms with Crippen LogP contribution in [0.15, 0.2) is 59.6 Å². The van der Waals surface area contributed by atoms with E-state index in [1.54, 1.807) is 0 Å². The summed E-state index contributed by atoms with van der Waals surface area (Å²) in [4.78, 5) is 3.19. The number of allylic oxidation sites excluding steroid dienone is 4. The highest BCUT2D eigenvalue weighted by Gasteiger charge is 2.70. The van der Waals surface area contributed by atoms with Crippen molar-refractivity contribution in [1.82, 2.24) is 4.98 Å². The lowest BCUT2D eigenvalue weighted by Crippen LogP contribution is -2.46. The molecule has 178 valence electrons. The lowest BCUT2D eigenvalue weighted by atomic mass is 9.87. The van der Waals surface area contributed by atoms with Gasteiger partial charge in [0.2, 0.25) is 0 Å². The minimum absolute atomic E-state index is 0.0862. The van der Waals surface area contributed by atoms with Crippen molar-refractivity contribution in [2.75, 3.05) is 6.26 Å². The molecule has 0 bridgehead atoms. The minimum atomic E-state index is -5.84. The average molecular weight is 501 g/mol. The number of nitrogens with zero attached hydrogens (tertiary/aromatic N) is 1. The van der Waals surface area contributed by atoms with Crippen molar-refractivity contribution >= 4 is 21.0 Å². The van der Waals surface area contributed by atoms with Gasteiger partial charge in [0.25, 0.3) is 0 Å². The summed E-state index contributed by atoms with van der Waals surface area (Å²) >= 11 is 0. The Morgan fingerprint density at radius 1 is 0.758 bits per heavy atom. The quantitative estimate of drug-likeness (QED) is 0.478. The van der Waals surface area contributed by atoms with E-state index < -0.39 is 56.2 Å². The predicted molar refractivity (Wildman–Crippen MR) is 99.3 cm³/mol. The van der Waals surface area contributed by atoms with Crippen LogP contribution in [0.25, 0.3) is 11.1 Å². The van der Waals surface area contributed by atoms with Gasteiger partial charge < -0.3 is 0 Å². The van der Waals surface area contributed by atoms with E-state index in [1.165, 1.54) is 0 Å². The number of benzene rings is 1. The summed E-state index contributed by atoms with van der Waals surface area (Å²) in [6.07, 6.45) is -15.6. The zero-order chi connectivity index (χ0) is 25.0. The maximum Gasteiger partial charge on any atom is 0.417 e. The van der Waals surface area contributed by atoms with Crippen molar-refractivity contribution < 1.29 is 47.9 Å². The second-order valence-corrected chi connectivity index (χ2v) is 9.22. The summed E-state index contributed by atoms with van der Waals surface area (Å²) in [5.41, 5.74) is -7.76. The van der Waals surface area contributed by atoms with Crippen LogP contribution in [0.1, 0.15) is 16.8 Å². The van der Waals surface area contributed by atoms with E-state index in [0.29, 0.717) is 18.3 Å². The fourth-order valence-electron chi connectivity index (χ4n) is 3.19. The molecule has 13 heteroatoms. The number of aromatic nitrogens is 1.